The normalized spacial score (nSPS) is 18.7. The minimum atomic E-state index is -0.464. The van der Waals surface area contributed by atoms with E-state index >= 15 is 0 Å². The molecule has 1 aromatic carbocycles. The summed E-state index contributed by atoms with van der Waals surface area (Å²) >= 11 is 0. The molecule has 0 saturated carbocycles. The van der Waals surface area contributed by atoms with Gasteiger partial charge in [-0.25, -0.2) is 4.39 Å². The van der Waals surface area contributed by atoms with Gasteiger partial charge in [0.1, 0.15) is 5.82 Å². The molecule has 5 heteroatoms. The lowest BCUT2D eigenvalue weighted by atomic mass is 10.0. The van der Waals surface area contributed by atoms with Crippen LogP contribution in [0.2, 0.25) is 0 Å². The van der Waals surface area contributed by atoms with Crippen LogP contribution in [0.15, 0.2) is 24.3 Å². The first-order chi connectivity index (χ1) is 9.56. The van der Waals surface area contributed by atoms with Gasteiger partial charge in [0.2, 0.25) is 5.91 Å². The highest BCUT2D eigenvalue weighted by Crippen LogP contribution is 2.15. The van der Waals surface area contributed by atoms with Crippen LogP contribution < -0.4 is 5.32 Å². The molecule has 1 aromatic rings. The highest BCUT2D eigenvalue weighted by atomic mass is 19.1. The maximum Gasteiger partial charge on any atom is 0.251 e. The summed E-state index contributed by atoms with van der Waals surface area (Å²) in [5.41, 5.74) is 0.227. The molecule has 20 heavy (non-hydrogen) atoms. The largest absolute Gasteiger partial charge is 0.343 e. The van der Waals surface area contributed by atoms with Crippen LogP contribution in [0, 0.1) is 11.7 Å². The fraction of sp³-hybridized carbons (Fsp3) is 0.467. The van der Waals surface area contributed by atoms with Gasteiger partial charge in [-0.2, -0.15) is 0 Å². The Hall–Kier alpha value is -1.91. The van der Waals surface area contributed by atoms with Crippen LogP contribution in [0.3, 0.4) is 0 Å². The number of piperidine rings is 1. The number of nitrogens with one attached hydrogen (secondary N) is 1. The molecule has 0 bridgehead atoms. The number of hydrogen-bond acceptors (Lipinski definition) is 2. The number of benzene rings is 1. The van der Waals surface area contributed by atoms with Gasteiger partial charge in [0, 0.05) is 18.7 Å². The van der Waals surface area contributed by atoms with Crippen molar-refractivity contribution in [2.24, 2.45) is 5.92 Å². The highest BCUT2D eigenvalue weighted by Gasteiger charge is 2.21. The second-order valence-electron chi connectivity index (χ2n) is 5.28. The number of nitrogens with zero attached hydrogens (tertiary/aromatic N) is 1. The van der Waals surface area contributed by atoms with Crippen LogP contribution in [0.5, 0.6) is 0 Å². The van der Waals surface area contributed by atoms with E-state index in [1.165, 1.54) is 18.2 Å². The molecule has 2 rings (SSSR count). The minimum Gasteiger partial charge on any atom is -0.343 e. The Labute approximate surface area is 118 Å². The summed E-state index contributed by atoms with van der Waals surface area (Å²) in [6.45, 7) is 3.57. The SMILES string of the molecule is CC1CCCN(C(=O)CNC(=O)c2cccc(F)c2)C1. The predicted octanol–water partition coefficient (Wildman–Crippen LogP) is 1.81. The van der Waals surface area contributed by atoms with Gasteiger partial charge in [-0.1, -0.05) is 13.0 Å². The molecule has 2 amide bonds. The highest BCUT2D eigenvalue weighted by molar-refractivity contribution is 5.96. The van der Waals surface area contributed by atoms with Crippen molar-refractivity contribution in [3.63, 3.8) is 0 Å². The third-order valence-electron chi connectivity index (χ3n) is 3.50. The molecule has 1 heterocycles. The van der Waals surface area contributed by atoms with Crippen LogP contribution in [-0.4, -0.2) is 36.3 Å². The first kappa shape index (κ1) is 14.5. The fourth-order valence-electron chi connectivity index (χ4n) is 2.42. The molecule has 0 radical (unpaired) electrons. The van der Waals surface area contributed by atoms with E-state index in [2.05, 4.69) is 12.2 Å². The second kappa shape index (κ2) is 6.50. The van der Waals surface area contributed by atoms with Gasteiger partial charge in [0.05, 0.1) is 6.54 Å². The van der Waals surface area contributed by atoms with Gasteiger partial charge in [0.25, 0.3) is 5.91 Å². The summed E-state index contributed by atoms with van der Waals surface area (Å²) < 4.78 is 13.0. The van der Waals surface area contributed by atoms with Gasteiger partial charge in [-0.05, 0) is 37.0 Å². The predicted molar refractivity (Wildman–Crippen MR) is 73.7 cm³/mol. The summed E-state index contributed by atoms with van der Waals surface area (Å²) in [7, 11) is 0. The lowest BCUT2D eigenvalue weighted by molar-refractivity contribution is -0.131. The van der Waals surface area contributed by atoms with Crippen molar-refractivity contribution in [1.29, 1.82) is 0 Å². The monoisotopic (exact) mass is 278 g/mol. The van der Waals surface area contributed by atoms with Crippen molar-refractivity contribution in [3.8, 4) is 0 Å². The molecule has 1 N–H and O–H groups in total. The quantitative estimate of drug-likeness (QED) is 0.916. The van der Waals surface area contributed by atoms with Gasteiger partial charge in [0.15, 0.2) is 0 Å². The average molecular weight is 278 g/mol. The Morgan fingerprint density at radius 2 is 2.25 bits per heavy atom. The zero-order chi connectivity index (χ0) is 14.5. The maximum atomic E-state index is 13.0. The van der Waals surface area contributed by atoms with Crippen molar-refractivity contribution in [3.05, 3.63) is 35.6 Å². The van der Waals surface area contributed by atoms with Crippen LogP contribution >= 0.6 is 0 Å². The van der Waals surface area contributed by atoms with Crippen molar-refractivity contribution >= 4 is 11.8 Å². The Bertz CT molecular complexity index is 504. The van der Waals surface area contributed by atoms with E-state index in [4.69, 9.17) is 0 Å². The summed E-state index contributed by atoms with van der Waals surface area (Å²) in [4.78, 5) is 25.6. The number of hydrogen-bond donors (Lipinski definition) is 1. The minimum absolute atomic E-state index is 0.0396. The fourth-order valence-corrected chi connectivity index (χ4v) is 2.42. The van der Waals surface area contributed by atoms with Gasteiger partial charge in [-0.15, -0.1) is 0 Å². The molecule has 1 atom stereocenters. The van der Waals surface area contributed by atoms with Crippen molar-refractivity contribution in [2.75, 3.05) is 19.6 Å². The number of halogens is 1. The standard InChI is InChI=1S/C15H19FN2O2/c1-11-4-3-7-18(10-11)14(19)9-17-15(20)12-5-2-6-13(16)8-12/h2,5-6,8,11H,3-4,7,9-10H2,1H3,(H,17,20). The molecule has 0 spiro atoms. The Kier molecular flexibility index (Phi) is 4.71. The van der Waals surface area contributed by atoms with Crippen molar-refractivity contribution in [2.45, 2.75) is 19.8 Å². The van der Waals surface area contributed by atoms with Crippen LogP contribution in [0.1, 0.15) is 30.1 Å². The van der Waals surface area contributed by atoms with Gasteiger partial charge < -0.3 is 10.2 Å². The number of amides is 2. The number of carbonyl (C=O) groups excluding carboxylic acids is 2. The molecule has 1 fully saturated rings. The summed E-state index contributed by atoms with van der Waals surface area (Å²) in [6.07, 6.45) is 2.14. The van der Waals surface area contributed by atoms with E-state index in [1.807, 2.05) is 0 Å². The molecule has 108 valence electrons. The maximum absolute atomic E-state index is 13.0. The third kappa shape index (κ3) is 3.79. The molecule has 1 aliphatic heterocycles. The van der Waals surface area contributed by atoms with E-state index in [-0.39, 0.29) is 18.0 Å². The Morgan fingerprint density at radius 1 is 1.45 bits per heavy atom. The number of rotatable bonds is 3. The molecule has 0 aromatic heterocycles. The molecule has 1 unspecified atom stereocenters. The molecule has 4 nitrogen and oxygen atoms in total. The number of likely N-dealkylation sites (tertiary alicyclic amines) is 1. The number of carbonyl (C=O) groups is 2. The molecule has 1 aliphatic rings. The molecular formula is C15H19FN2O2. The zero-order valence-corrected chi connectivity index (χ0v) is 11.6. The van der Waals surface area contributed by atoms with Crippen molar-refractivity contribution < 1.29 is 14.0 Å². The van der Waals surface area contributed by atoms with Gasteiger partial charge >= 0.3 is 0 Å². The first-order valence-corrected chi connectivity index (χ1v) is 6.88. The summed E-state index contributed by atoms with van der Waals surface area (Å²) in [5.74, 6) is -0.468. The van der Waals surface area contributed by atoms with Crippen LogP contribution in [0.25, 0.3) is 0 Å². The van der Waals surface area contributed by atoms with Crippen molar-refractivity contribution in [1.82, 2.24) is 10.2 Å². The smallest absolute Gasteiger partial charge is 0.251 e. The van der Waals surface area contributed by atoms with Gasteiger partial charge in [-0.3, -0.25) is 9.59 Å². The Morgan fingerprint density at radius 3 is 2.95 bits per heavy atom. The lowest BCUT2D eigenvalue weighted by Gasteiger charge is -2.31. The zero-order valence-electron chi connectivity index (χ0n) is 11.6. The lowest BCUT2D eigenvalue weighted by Crippen LogP contribution is -2.44. The van der Waals surface area contributed by atoms with E-state index < -0.39 is 11.7 Å². The van der Waals surface area contributed by atoms with E-state index in [0.717, 1.165) is 32.0 Å². The van der Waals surface area contributed by atoms with E-state index in [1.54, 1.807) is 4.90 Å². The average Bonchev–Trinajstić information content (AvgIpc) is 2.44. The second-order valence-corrected chi connectivity index (χ2v) is 5.28. The van der Waals surface area contributed by atoms with E-state index in [9.17, 15) is 14.0 Å². The van der Waals surface area contributed by atoms with Crippen LogP contribution in [-0.2, 0) is 4.79 Å². The molecule has 0 aliphatic carbocycles. The summed E-state index contributed by atoms with van der Waals surface area (Å²) in [5, 5.41) is 2.54. The Balaban J connectivity index is 1.85. The molecular weight excluding hydrogens is 259 g/mol. The first-order valence-electron chi connectivity index (χ1n) is 6.88. The molecule has 1 saturated heterocycles. The third-order valence-corrected chi connectivity index (χ3v) is 3.50. The topological polar surface area (TPSA) is 49.4 Å². The summed E-state index contributed by atoms with van der Waals surface area (Å²) in [6, 6.07) is 5.42. The van der Waals surface area contributed by atoms with E-state index in [0.29, 0.717) is 5.92 Å². The van der Waals surface area contributed by atoms with Crippen LogP contribution in [0.4, 0.5) is 4.39 Å².